The Morgan fingerprint density at radius 3 is 2.67 bits per heavy atom. The van der Waals surface area contributed by atoms with E-state index in [1.807, 2.05) is 28.8 Å². The van der Waals surface area contributed by atoms with Crippen molar-refractivity contribution in [3.63, 3.8) is 0 Å². The SMILES string of the molecule is CC(C)(C)c1cc2nnc(-c3ccccn3)n2[nH]1. The van der Waals surface area contributed by atoms with Gasteiger partial charge in [0.1, 0.15) is 5.69 Å². The minimum Gasteiger partial charge on any atom is -0.294 e. The van der Waals surface area contributed by atoms with Gasteiger partial charge in [0.2, 0.25) is 5.82 Å². The Labute approximate surface area is 105 Å². The lowest BCUT2D eigenvalue weighted by molar-refractivity contribution is 0.563. The number of rotatable bonds is 1. The van der Waals surface area contributed by atoms with Gasteiger partial charge in [-0.2, -0.15) is 0 Å². The van der Waals surface area contributed by atoms with Gasteiger partial charge in [0, 0.05) is 23.4 Å². The molecule has 0 aliphatic rings. The Morgan fingerprint density at radius 2 is 2.00 bits per heavy atom. The van der Waals surface area contributed by atoms with Crippen molar-refractivity contribution in [3.8, 4) is 11.5 Å². The molecule has 18 heavy (non-hydrogen) atoms. The molecule has 0 aliphatic carbocycles. The lowest BCUT2D eigenvalue weighted by Gasteiger charge is -2.15. The summed E-state index contributed by atoms with van der Waals surface area (Å²) in [5.74, 6) is 0.737. The van der Waals surface area contributed by atoms with Crippen LogP contribution in [-0.4, -0.2) is 24.8 Å². The summed E-state index contributed by atoms with van der Waals surface area (Å²) in [7, 11) is 0. The minimum absolute atomic E-state index is 0.0576. The van der Waals surface area contributed by atoms with Gasteiger partial charge in [-0.3, -0.25) is 10.1 Å². The van der Waals surface area contributed by atoms with Gasteiger partial charge < -0.3 is 0 Å². The largest absolute Gasteiger partial charge is 0.294 e. The first-order valence-electron chi connectivity index (χ1n) is 5.92. The predicted molar refractivity (Wildman–Crippen MR) is 69.3 cm³/mol. The lowest BCUT2D eigenvalue weighted by atomic mass is 9.93. The first kappa shape index (κ1) is 11.0. The molecular formula is C13H15N5. The van der Waals surface area contributed by atoms with Gasteiger partial charge in [-0.05, 0) is 12.1 Å². The van der Waals surface area contributed by atoms with Gasteiger partial charge in [0.05, 0.1) is 0 Å². The van der Waals surface area contributed by atoms with Gasteiger partial charge in [-0.25, -0.2) is 4.52 Å². The highest BCUT2D eigenvalue weighted by molar-refractivity contribution is 5.55. The Hall–Kier alpha value is -2.17. The molecule has 0 fully saturated rings. The van der Waals surface area contributed by atoms with E-state index in [2.05, 4.69) is 41.1 Å². The van der Waals surface area contributed by atoms with E-state index in [1.165, 1.54) is 0 Å². The van der Waals surface area contributed by atoms with Gasteiger partial charge in [0.25, 0.3) is 0 Å². The molecule has 0 saturated carbocycles. The van der Waals surface area contributed by atoms with Crippen molar-refractivity contribution < 1.29 is 0 Å². The molecule has 1 N–H and O–H groups in total. The van der Waals surface area contributed by atoms with Gasteiger partial charge in [-0.1, -0.05) is 26.8 Å². The third-order valence-corrected chi connectivity index (χ3v) is 2.90. The lowest BCUT2D eigenvalue weighted by Crippen LogP contribution is -2.12. The van der Waals surface area contributed by atoms with Crippen LogP contribution in [0.15, 0.2) is 30.5 Å². The summed E-state index contributed by atoms with van der Waals surface area (Å²) < 4.78 is 1.88. The quantitative estimate of drug-likeness (QED) is 0.711. The molecule has 0 aromatic carbocycles. The van der Waals surface area contributed by atoms with E-state index < -0.39 is 0 Å². The molecule has 3 rings (SSSR count). The standard InChI is InChI=1S/C13H15N5/c1-13(2,3)10-8-11-15-16-12(18(11)17-10)9-6-4-5-7-14-9/h4-8,17H,1-3H3. The van der Waals surface area contributed by atoms with Crippen molar-refractivity contribution >= 4 is 5.65 Å². The van der Waals surface area contributed by atoms with Crippen LogP contribution in [-0.2, 0) is 5.41 Å². The van der Waals surface area contributed by atoms with Crippen molar-refractivity contribution in [3.05, 3.63) is 36.2 Å². The van der Waals surface area contributed by atoms with Crippen LogP contribution in [0.1, 0.15) is 26.5 Å². The molecule has 5 nitrogen and oxygen atoms in total. The van der Waals surface area contributed by atoms with Crippen LogP contribution in [0, 0.1) is 0 Å². The van der Waals surface area contributed by atoms with E-state index in [1.54, 1.807) is 6.20 Å². The molecule has 3 aromatic heterocycles. The summed E-state index contributed by atoms with van der Waals surface area (Å²) in [6, 6.07) is 7.78. The summed E-state index contributed by atoms with van der Waals surface area (Å²) in [5, 5.41) is 11.7. The third kappa shape index (κ3) is 1.68. The molecule has 0 saturated heterocycles. The number of aromatic nitrogens is 5. The molecule has 0 radical (unpaired) electrons. The van der Waals surface area contributed by atoms with Gasteiger partial charge in [-0.15, -0.1) is 10.2 Å². The Kier molecular flexibility index (Phi) is 2.23. The molecule has 3 heterocycles. The number of hydrogen-bond acceptors (Lipinski definition) is 3. The van der Waals surface area contributed by atoms with Crippen molar-refractivity contribution in [1.82, 2.24) is 24.8 Å². The summed E-state index contributed by atoms with van der Waals surface area (Å²) in [4.78, 5) is 4.30. The number of hydrogen-bond donors (Lipinski definition) is 1. The number of pyridine rings is 1. The van der Waals surface area contributed by atoms with E-state index in [0.29, 0.717) is 0 Å². The Morgan fingerprint density at radius 1 is 1.17 bits per heavy atom. The zero-order valence-corrected chi connectivity index (χ0v) is 10.7. The Bertz CT molecular complexity index is 672. The average Bonchev–Trinajstić information content (AvgIpc) is 2.88. The molecule has 0 unspecified atom stereocenters. The highest BCUT2D eigenvalue weighted by Gasteiger charge is 2.19. The monoisotopic (exact) mass is 241 g/mol. The van der Waals surface area contributed by atoms with Crippen LogP contribution in [0.4, 0.5) is 0 Å². The highest BCUT2D eigenvalue weighted by atomic mass is 15.4. The van der Waals surface area contributed by atoms with Crippen molar-refractivity contribution in [2.75, 3.05) is 0 Å². The molecule has 5 heteroatoms. The van der Waals surface area contributed by atoms with Crippen molar-refractivity contribution in [1.29, 1.82) is 0 Å². The van der Waals surface area contributed by atoms with E-state index in [4.69, 9.17) is 0 Å². The second-order valence-corrected chi connectivity index (χ2v) is 5.35. The van der Waals surface area contributed by atoms with Crippen LogP contribution in [0.25, 0.3) is 17.2 Å². The van der Waals surface area contributed by atoms with Crippen molar-refractivity contribution in [2.24, 2.45) is 0 Å². The molecule has 0 amide bonds. The van der Waals surface area contributed by atoms with Crippen LogP contribution >= 0.6 is 0 Å². The molecule has 0 atom stereocenters. The molecular weight excluding hydrogens is 226 g/mol. The Balaban J connectivity index is 2.18. The number of aromatic amines is 1. The molecule has 3 aromatic rings. The van der Waals surface area contributed by atoms with Crippen LogP contribution < -0.4 is 0 Å². The van der Waals surface area contributed by atoms with Gasteiger partial charge in [0.15, 0.2) is 5.65 Å². The number of fused-ring (bicyclic) bond motifs is 1. The maximum absolute atomic E-state index is 4.30. The maximum atomic E-state index is 4.30. The molecule has 0 bridgehead atoms. The summed E-state index contributed by atoms with van der Waals surface area (Å²) in [5.41, 5.74) is 2.82. The third-order valence-electron chi connectivity index (χ3n) is 2.90. The molecule has 0 spiro atoms. The van der Waals surface area contributed by atoms with Gasteiger partial charge >= 0.3 is 0 Å². The maximum Gasteiger partial charge on any atom is 0.201 e. The smallest absolute Gasteiger partial charge is 0.201 e. The predicted octanol–water partition coefficient (Wildman–Crippen LogP) is 2.42. The van der Waals surface area contributed by atoms with Crippen LogP contribution in [0.5, 0.6) is 0 Å². The van der Waals surface area contributed by atoms with E-state index >= 15 is 0 Å². The molecule has 92 valence electrons. The molecule has 0 aliphatic heterocycles. The summed E-state index contributed by atoms with van der Waals surface area (Å²) >= 11 is 0. The zero-order valence-electron chi connectivity index (χ0n) is 10.7. The summed E-state index contributed by atoms with van der Waals surface area (Å²) in [6.07, 6.45) is 1.75. The number of nitrogens with zero attached hydrogens (tertiary/aromatic N) is 4. The van der Waals surface area contributed by atoms with E-state index in [-0.39, 0.29) is 5.41 Å². The number of H-pyrrole nitrogens is 1. The first-order valence-corrected chi connectivity index (χ1v) is 5.92. The second-order valence-electron chi connectivity index (χ2n) is 5.35. The van der Waals surface area contributed by atoms with E-state index in [0.717, 1.165) is 22.9 Å². The normalized spacial score (nSPS) is 12.2. The fourth-order valence-corrected chi connectivity index (χ4v) is 1.83. The zero-order chi connectivity index (χ0) is 12.8. The number of nitrogens with one attached hydrogen (secondary N) is 1. The first-order chi connectivity index (χ1) is 8.55. The highest BCUT2D eigenvalue weighted by Crippen LogP contribution is 2.23. The van der Waals surface area contributed by atoms with E-state index in [9.17, 15) is 0 Å². The minimum atomic E-state index is 0.0576. The second kappa shape index (κ2) is 3.66. The topological polar surface area (TPSA) is 58.9 Å². The van der Waals surface area contributed by atoms with Crippen LogP contribution in [0.2, 0.25) is 0 Å². The van der Waals surface area contributed by atoms with Crippen molar-refractivity contribution in [2.45, 2.75) is 26.2 Å². The average molecular weight is 241 g/mol. The summed E-state index contributed by atoms with van der Waals surface area (Å²) in [6.45, 7) is 6.48. The fraction of sp³-hybridized carbons (Fsp3) is 0.308. The van der Waals surface area contributed by atoms with Crippen LogP contribution in [0.3, 0.4) is 0 Å². The fourth-order valence-electron chi connectivity index (χ4n) is 1.83.